The first-order valence-electron chi connectivity index (χ1n) is 6.33. The Kier molecular flexibility index (Phi) is 6.94. The highest BCUT2D eigenvalue weighted by molar-refractivity contribution is 5.85. The minimum absolute atomic E-state index is 0.0570. The van der Waals surface area contributed by atoms with Gasteiger partial charge in [-0.15, -0.1) is 0 Å². The van der Waals surface area contributed by atoms with Gasteiger partial charge >= 0.3 is 23.9 Å². The van der Waals surface area contributed by atoms with Gasteiger partial charge in [0, 0.05) is 13.1 Å². The number of carboxylic acid groups (broad SMARTS) is 4. The van der Waals surface area contributed by atoms with E-state index in [2.05, 4.69) is 10.6 Å². The number of hydrogen-bond donors (Lipinski definition) is 6. The number of nitrogens with one attached hydrogen (secondary N) is 2. The molecule has 10 heteroatoms. The van der Waals surface area contributed by atoms with Crippen LogP contribution in [0.4, 0.5) is 0 Å². The average Bonchev–Trinajstić information content (AvgIpc) is 2.32. The SMILES string of the molecule is C[C@@](CC(=O)O)(NCCN[C@@](C)(CC(=O)O)C(=O)O)C(=O)O. The zero-order chi connectivity index (χ0) is 17.6. The predicted molar refractivity (Wildman–Crippen MR) is 72.6 cm³/mol. The molecule has 0 aromatic rings. The van der Waals surface area contributed by atoms with Gasteiger partial charge in [0.05, 0.1) is 12.8 Å². The van der Waals surface area contributed by atoms with Crippen LogP contribution in [0.5, 0.6) is 0 Å². The molecule has 0 rings (SSSR count). The molecule has 0 aliphatic heterocycles. The Labute approximate surface area is 126 Å². The molecule has 0 fully saturated rings. The number of carboxylic acids is 4. The van der Waals surface area contributed by atoms with Gasteiger partial charge in [0.25, 0.3) is 0 Å². The van der Waals surface area contributed by atoms with Crippen molar-refractivity contribution in [2.75, 3.05) is 13.1 Å². The minimum Gasteiger partial charge on any atom is -0.481 e. The topological polar surface area (TPSA) is 173 Å². The lowest BCUT2D eigenvalue weighted by Crippen LogP contribution is -2.56. The maximum atomic E-state index is 11.1. The van der Waals surface area contributed by atoms with E-state index in [0.717, 1.165) is 0 Å². The first kappa shape index (κ1) is 19.8. The van der Waals surface area contributed by atoms with E-state index in [-0.39, 0.29) is 13.1 Å². The molecule has 0 aliphatic rings. The number of aliphatic carboxylic acids is 4. The molecule has 0 saturated carbocycles. The molecular weight excluding hydrogens is 300 g/mol. The summed E-state index contributed by atoms with van der Waals surface area (Å²) in [6, 6.07) is 0. The van der Waals surface area contributed by atoms with Crippen LogP contribution in [0.25, 0.3) is 0 Å². The molecule has 0 aromatic heterocycles. The van der Waals surface area contributed by atoms with Crippen molar-refractivity contribution in [3.8, 4) is 0 Å². The zero-order valence-electron chi connectivity index (χ0n) is 12.3. The van der Waals surface area contributed by atoms with Crippen LogP contribution in [-0.2, 0) is 19.2 Å². The molecule has 0 amide bonds. The van der Waals surface area contributed by atoms with E-state index in [1.165, 1.54) is 13.8 Å². The Balaban J connectivity index is 4.61. The van der Waals surface area contributed by atoms with Crippen LogP contribution >= 0.6 is 0 Å². The fourth-order valence-electron chi connectivity index (χ4n) is 1.71. The molecule has 10 nitrogen and oxygen atoms in total. The van der Waals surface area contributed by atoms with E-state index < -0.39 is 47.8 Å². The van der Waals surface area contributed by atoms with Gasteiger partial charge in [-0.25, -0.2) is 0 Å². The minimum atomic E-state index is -1.71. The van der Waals surface area contributed by atoms with Crippen LogP contribution in [0.2, 0.25) is 0 Å². The summed E-state index contributed by atoms with van der Waals surface area (Å²) in [6.45, 7) is 2.27. The third-order valence-electron chi connectivity index (χ3n) is 3.11. The molecule has 0 aliphatic carbocycles. The van der Waals surface area contributed by atoms with Gasteiger partial charge in [-0.2, -0.15) is 0 Å². The molecule has 22 heavy (non-hydrogen) atoms. The summed E-state index contributed by atoms with van der Waals surface area (Å²) in [5.41, 5.74) is -3.42. The van der Waals surface area contributed by atoms with Gasteiger partial charge in [-0.1, -0.05) is 0 Å². The predicted octanol–water partition coefficient (Wildman–Crippen LogP) is -1.20. The molecule has 0 radical (unpaired) electrons. The quantitative estimate of drug-likeness (QED) is 0.254. The molecule has 2 atom stereocenters. The zero-order valence-corrected chi connectivity index (χ0v) is 12.3. The number of carbonyl (C=O) groups is 4. The summed E-state index contributed by atoms with van der Waals surface area (Å²) in [7, 11) is 0. The second-order valence-electron chi connectivity index (χ2n) is 5.27. The highest BCUT2D eigenvalue weighted by Gasteiger charge is 2.37. The molecule has 6 N–H and O–H groups in total. The highest BCUT2D eigenvalue weighted by atomic mass is 16.4. The first-order valence-corrected chi connectivity index (χ1v) is 6.33. The lowest BCUT2D eigenvalue weighted by Gasteiger charge is -2.27. The molecule has 0 aromatic carbocycles. The van der Waals surface area contributed by atoms with Crippen LogP contribution in [0.15, 0.2) is 0 Å². The van der Waals surface area contributed by atoms with Gasteiger partial charge in [0.1, 0.15) is 11.1 Å². The molecule has 0 bridgehead atoms. The van der Waals surface area contributed by atoms with E-state index in [9.17, 15) is 19.2 Å². The summed E-state index contributed by atoms with van der Waals surface area (Å²) in [5.74, 6) is -5.32. The Morgan fingerprint density at radius 2 is 1.00 bits per heavy atom. The second kappa shape index (κ2) is 7.71. The van der Waals surface area contributed by atoms with Crippen molar-refractivity contribution in [1.82, 2.24) is 10.6 Å². The van der Waals surface area contributed by atoms with E-state index in [1.54, 1.807) is 0 Å². The van der Waals surface area contributed by atoms with Crippen LogP contribution in [-0.4, -0.2) is 68.5 Å². The maximum Gasteiger partial charge on any atom is 0.324 e. The monoisotopic (exact) mass is 320 g/mol. The van der Waals surface area contributed by atoms with Crippen LogP contribution < -0.4 is 10.6 Å². The van der Waals surface area contributed by atoms with E-state index in [4.69, 9.17) is 20.4 Å². The fourth-order valence-corrected chi connectivity index (χ4v) is 1.71. The van der Waals surface area contributed by atoms with Crippen molar-refractivity contribution in [2.45, 2.75) is 37.8 Å². The van der Waals surface area contributed by atoms with E-state index in [1.807, 2.05) is 0 Å². The Morgan fingerprint density at radius 3 is 1.18 bits per heavy atom. The van der Waals surface area contributed by atoms with Crippen molar-refractivity contribution in [1.29, 1.82) is 0 Å². The normalized spacial score (nSPS) is 16.3. The molecule has 0 unspecified atom stereocenters. The van der Waals surface area contributed by atoms with Crippen molar-refractivity contribution in [2.24, 2.45) is 0 Å². The lowest BCUT2D eigenvalue weighted by molar-refractivity contribution is -0.151. The molecule has 0 saturated heterocycles. The van der Waals surface area contributed by atoms with Gasteiger partial charge in [0.2, 0.25) is 0 Å². The van der Waals surface area contributed by atoms with Gasteiger partial charge < -0.3 is 31.1 Å². The molecule has 126 valence electrons. The van der Waals surface area contributed by atoms with Crippen LogP contribution in [0, 0.1) is 0 Å². The summed E-state index contributed by atoms with van der Waals surface area (Å²) >= 11 is 0. The van der Waals surface area contributed by atoms with E-state index >= 15 is 0 Å². The largest absolute Gasteiger partial charge is 0.481 e. The number of rotatable bonds is 11. The second-order valence-corrected chi connectivity index (χ2v) is 5.27. The van der Waals surface area contributed by atoms with Crippen LogP contribution in [0.1, 0.15) is 26.7 Å². The molecular formula is C12H20N2O8. The van der Waals surface area contributed by atoms with Crippen LogP contribution in [0.3, 0.4) is 0 Å². The third kappa shape index (κ3) is 6.06. The van der Waals surface area contributed by atoms with E-state index in [0.29, 0.717) is 0 Å². The Hall–Kier alpha value is -2.20. The Morgan fingerprint density at radius 1 is 0.727 bits per heavy atom. The van der Waals surface area contributed by atoms with Gasteiger partial charge in [-0.05, 0) is 13.8 Å². The Bertz CT molecular complexity index is 424. The van der Waals surface area contributed by atoms with Gasteiger partial charge in [0.15, 0.2) is 0 Å². The first-order chi connectivity index (χ1) is 9.93. The van der Waals surface area contributed by atoms with Crippen molar-refractivity contribution < 1.29 is 39.6 Å². The van der Waals surface area contributed by atoms with Crippen molar-refractivity contribution in [3.63, 3.8) is 0 Å². The van der Waals surface area contributed by atoms with Gasteiger partial charge in [-0.3, -0.25) is 19.2 Å². The third-order valence-corrected chi connectivity index (χ3v) is 3.11. The summed E-state index contributed by atoms with van der Waals surface area (Å²) < 4.78 is 0. The smallest absolute Gasteiger partial charge is 0.324 e. The number of hydrogen-bond acceptors (Lipinski definition) is 6. The summed E-state index contributed by atoms with van der Waals surface area (Å²) in [6.07, 6.45) is -1.32. The highest BCUT2D eigenvalue weighted by Crippen LogP contribution is 2.11. The molecule has 0 heterocycles. The summed E-state index contributed by atoms with van der Waals surface area (Å²) in [5, 5.41) is 40.5. The summed E-state index contributed by atoms with van der Waals surface area (Å²) in [4.78, 5) is 43.5. The molecule has 0 spiro atoms. The average molecular weight is 320 g/mol. The lowest BCUT2D eigenvalue weighted by atomic mass is 9.97. The van der Waals surface area contributed by atoms with Crippen molar-refractivity contribution >= 4 is 23.9 Å². The van der Waals surface area contributed by atoms with Crippen molar-refractivity contribution in [3.05, 3.63) is 0 Å². The fraction of sp³-hybridized carbons (Fsp3) is 0.667. The maximum absolute atomic E-state index is 11.1. The standard InChI is InChI=1S/C12H20N2O8/c1-11(9(19)20,5-7(15)16)13-3-4-14-12(2,10(21)22)6-8(17)18/h13-14H,3-6H2,1-2H3,(H,15,16)(H,17,18)(H,19,20)(H,21,22)/t11-,12-/m0/s1.